The number of nitrogens with zero attached hydrogens (tertiary/aromatic N) is 5. The molecule has 1 aliphatic rings. The number of rotatable bonds is 3. The van der Waals surface area contributed by atoms with Gasteiger partial charge in [-0.1, -0.05) is 0 Å². The molecule has 7 nitrogen and oxygen atoms in total. The molecule has 1 N–H and O–H groups in total. The summed E-state index contributed by atoms with van der Waals surface area (Å²) in [6, 6.07) is 4.52. The second-order valence-corrected chi connectivity index (χ2v) is 7.20. The van der Waals surface area contributed by atoms with Crippen molar-refractivity contribution < 1.29 is 9.13 Å². The monoisotopic (exact) mass is 380 g/mol. The van der Waals surface area contributed by atoms with Crippen molar-refractivity contribution >= 4 is 27.8 Å². The molecule has 5 rings (SSSR count). The van der Waals surface area contributed by atoms with E-state index in [-0.39, 0.29) is 5.82 Å². The van der Waals surface area contributed by atoms with Crippen molar-refractivity contribution in [3.63, 3.8) is 0 Å². The molecule has 3 aromatic heterocycles. The Hall–Kier alpha value is -3.00. The van der Waals surface area contributed by atoms with Crippen molar-refractivity contribution in [2.45, 2.75) is 25.9 Å². The normalized spacial score (nSPS) is 15.8. The quantitative estimate of drug-likeness (QED) is 0.590. The van der Waals surface area contributed by atoms with Crippen LogP contribution in [-0.4, -0.2) is 50.8 Å². The maximum absolute atomic E-state index is 13.7. The van der Waals surface area contributed by atoms with Gasteiger partial charge < -0.3 is 14.6 Å². The number of aromatic nitrogens is 5. The number of aryl methyl sites for hydroxylation is 1. The number of anilines is 1. The SMILES string of the molecule is COC1CCN(c2c(C)[nH]c3cnc(-n4cnc5ccc(F)cc54)nc23)CC1. The lowest BCUT2D eigenvalue weighted by atomic mass is 10.1. The van der Waals surface area contributed by atoms with Crippen LogP contribution in [0.2, 0.25) is 0 Å². The number of hydrogen-bond donors (Lipinski definition) is 1. The van der Waals surface area contributed by atoms with E-state index in [9.17, 15) is 4.39 Å². The molecule has 0 spiro atoms. The Kier molecular flexibility index (Phi) is 4.01. The fourth-order valence-electron chi connectivity index (χ4n) is 4.04. The van der Waals surface area contributed by atoms with Gasteiger partial charge in [-0.3, -0.25) is 4.57 Å². The van der Waals surface area contributed by atoms with Gasteiger partial charge in [-0.25, -0.2) is 19.3 Å². The number of hydrogen-bond acceptors (Lipinski definition) is 5. The zero-order chi connectivity index (χ0) is 19.3. The number of H-pyrrole nitrogens is 1. The fourth-order valence-corrected chi connectivity index (χ4v) is 4.04. The number of halogens is 1. The number of aromatic amines is 1. The van der Waals surface area contributed by atoms with E-state index in [1.165, 1.54) is 12.1 Å². The van der Waals surface area contributed by atoms with Crippen LogP contribution in [0.15, 0.2) is 30.7 Å². The van der Waals surface area contributed by atoms with E-state index in [0.29, 0.717) is 23.1 Å². The minimum Gasteiger partial charge on any atom is -0.381 e. The molecule has 1 saturated heterocycles. The summed E-state index contributed by atoms with van der Waals surface area (Å²) >= 11 is 0. The number of nitrogens with one attached hydrogen (secondary N) is 1. The number of methoxy groups -OCH3 is 1. The number of piperidine rings is 1. The molecule has 1 aromatic carbocycles. The van der Waals surface area contributed by atoms with Crippen molar-refractivity contribution in [2.75, 3.05) is 25.1 Å². The average molecular weight is 380 g/mol. The van der Waals surface area contributed by atoms with E-state index in [1.54, 1.807) is 30.3 Å². The van der Waals surface area contributed by atoms with E-state index >= 15 is 0 Å². The van der Waals surface area contributed by atoms with Crippen LogP contribution in [0.1, 0.15) is 18.5 Å². The number of ether oxygens (including phenoxy) is 1. The van der Waals surface area contributed by atoms with Crippen LogP contribution in [-0.2, 0) is 4.74 Å². The zero-order valence-electron chi connectivity index (χ0n) is 15.8. The van der Waals surface area contributed by atoms with Gasteiger partial charge in [0.05, 0.1) is 34.5 Å². The Balaban J connectivity index is 1.60. The van der Waals surface area contributed by atoms with E-state index in [1.807, 2.05) is 0 Å². The molecular formula is C20H21FN6O. The van der Waals surface area contributed by atoms with E-state index in [2.05, 4.69) is 26.8 Å². The molecule has 8 heteroatoms. The summed E-state index contributed by atoms with van der Waals surface area (Å²) in [5, 5.41) is 0. The van der Waals surface area contributed by atoms with Crippen LogP contribution in [0.4, 0.5) is 10.1 Å². The van der Waals surface area contributed by atoms with Gasteiger partial charge in [0.2, 0.25) is 5.95 Å². The molecule has 0 atom stereocenters. The first kappa shape index (κ1) is 17.1. The Morgan fingerprint density at radius 1 is 1.21 bits per heavy atom. The summed E-state index contributed by atoms with van der Waals surface area (Å²) in [5.41, 5.74) is 5.28. The van der Waals surface area contributed by atoms with Crippen molar-refractivity contribution in [1.82, 2.24) is 24.5 Å². The topological polar surface area (TPSA) is 71.9 Å². The molecule has 0 amide bonds. The lowest BCUT2D eigenvalue weighted by molar-refractivity contribution is 0.0819. The van der Waals surface area contributed by atoms with Gasteiger partial charge in [0.1, 0.15) is 17.7 Å². The lowest BCUT2D eigenvalue weighted by Crippen LogP contribution is -2.36. The van der Waals surface area contributed by atoms with E-state index in [0.717, 1.165) is 48.3 Å². The highest BCUT2D eigenvalue weighted by atomic mass is 19.1. The van der Waals surface area contributed by atoms with Gasteiger partial charge >= 0.3 is 0 Å². The Bertz CT molecular complexity index is 1160. The summed E-state index contributed by atoms with van der Waals surface area (Å²) in [6.45, 7) is 3.90. The van der Waals surface area contributed by atoms with Crippen molar-refractivity contribution in [3.8, 4) is 5.95 Å². The molecular weight excluding hydrogens is 359 g/mol. The molecule has 144 valence electrons. The zero-order valence-corrected chi connectivity index (χ0v) is 15.8. The van der Waals surface area contributed by atoms with Crippen molar-refractivity contribution in [3.05, 3.63) is 42.2 Å². The van der Waals surface area contributed by atoms with Crippen molar-refractivity contribution in [2.24, 2.45) is 0 Å². The first-order valence-electron chi connectivity index (χ1n) is 9.40. The van der Waals surface area contributed by atoms with Gasteiger partial charge in [0, 0.05) is 32.0 Å². The van der Waals surface area contributed by atoms with Crippen LogP contribution in [0.3, 0.4) is 0 Å². The smallest absolute Gasteiger partial charge is 0.236 e. The molecule has 0 saturated carbocycles. The summed E-state index contributed by atoms with van der Waals surface area (Å²) < 4.78 is 20.9. The third-order valence-electron chi connectivity index (χ3n) is 5.49. The molecule has 4 heterocycles. The third kappa shape index (κ3) is 2.72. The third-order valence-corrected chi connectivity index (χ3v) is 5.49. The maximum atomic E-state index is 13.7. The van der Waals surface area contributed by atoms with E-state index in [4.69, 9.17) is 9.72 Å². The number of benzene rings is 1. The molecule has 0 aliphatic carbocycles. The molecule has 0 unspecified atom stereocenters. The maximum Gasteiger partial charge on any atom is 0.236 e. The minimum absolute atomic E-state index is 0.311. The van der Waals surface area contributed by atoms with Crippen molar-refractivity contribution in [1.29, 1.82) is 0 Å². The molecule has 0 bridgehead atoms. The fraction of sp³-hybridized carbons (Fsp3) is 0.350. The van der Waals surface area contributed by atoms with E-state index < -0.39 is 0 Å². The largest absolute Gasteiger partial charge is 0.381 e. The highest BCUT2D eigenvalue weighted by Gasteiger charge is 2.24. The van der Waals surface area contributed by atoms with Gasteiger partial charge in [-0.05, 0) is 31.9 Å². The lowest BCUT2D eigenvalue weighted by Gasteiger charge is -2.32. The standard InChI is InChI=1S/C20H21FN6O/c1-12-19(26-7-5-14(28-2)6-8-26)18-16(24-12)10-22-20(25-18)27-11-23-15-4-3-13(21)9-17(15)27/h3-4,9-11,14,24H,5-8H2,1-2H3. The van der Waals surface area contributed by atoms with Crippen LogP contribution >= 0.6 is 0 Å². The van der Waals surface area contributed by atoms with Gasteiger partial charge in [0.25, 0.3) is 0 Å². The predicted octanol–water partition coefficient (Wildman–Crippen LogP) is 3.36. The highest BCUT2D eigenvalue weighted by Crippen LogP contribution is 2.32. The summed E-state index contributed by atoms with van der Waals surface area (Å²) in [4.78, 5) is 19.4. The first-order valence-corrected chi connectivity index (χ1v) is 9.40. The Labute approximate surface area is 161 Å². The summed E-state index contributed by atoms with van der Waals surface area (Å²) in [6.07, 6.45) is 5.72. The Morgan fingerprint density at radius 3 is 2.82 bits per heavy atom. The Morgan fingerprint density at radius 2 is 2.04 bits per heavy atom. The van der Waals surface area contributed by atoms with Gasteiger partial charge in [-0.2, -0.15) is 0 Å². The van der Waals surface area contributed by atoms with Crippen LogP contribution in [0, 0.1) is 12.7 Å². The molecule has 1 aliphatic heterocycles. The molecule has 4 aromatic rings. The number of fused-ring (bicyclic) bond motifs is 2. The second-order valence-electron chi connectivity index (χ2n) is 7.20. The van der Waals surface area contributed by atoms with Crippen LogP contribution in [0.25, 0.3) is 28.0 Å². The highest BCUT2D eigenvalue weighted by molar-refractivity contribution is 5.91. The predicted molar refractivity (Wildman–Crippen MR) is 105 cm³/mol. The summed E-state index contributed by atoms with van der Waals surface area (Å²) in [7, 11) is 1.77. The second kappa shape index (κ2) is 6.56. The molecule has 1 fully saturated rings. The average Bonchev–Trinajstić information content (AvgIpc) is 3.27. The van der Waals surface area contributed by atoms with Crippen LogP contribution < -0.4 is 4.90 Å². The number of imidazole rings is 1. The minimum atomic E-state index is -0.311. The molecule has 0 radical (unpaired) electrons. The molecule has 28 heavy (non-hydrogen) atoms. The first-order chi connectivity index (χ1) is 13.6. The van der Waals surface area contributed by atoms with Gasteiger partial charge in [-0.15, -0.1) is 0 Å². The summed E-state index contributed by atoms with van der Waals surface area (Å²) in [5.74, 6) is 0.169. The van der Waals surface area contributed by atoms with Crippen LogP contribution in [0.5, 0.6) is 0 Å². The van der Waals surface area contributed by atoms with Gasteiger partial charge in [0.15, 0.2) is 0 Å².